The van der Waals surface area contributed by atoms with Crippen LogP contribution in [0.3, 0.4) is 0 Å². The highest BCUT2D eigenvalue weighted by molar-refractivity contribution is 7.11. The number of aryl methyl sites for hydroxylation is 1. The maximum Gasteiger partial charge on any atom is 0.136 e. The Morgan fingerprint density at radius 1 is 1.08 bits per heavy atom. The lowest BCUT2D eigenvalue weighted by Gasteiger charge is -2.07. The zero-order valence-corrected chi connectivity index (χ0v) is 14.4. The second kappa shape index (κ2) is 6.00. The number of halogens is 2. The molecule has 4 rings (SSSR count). The highest BCUT2D eigenvalue weighted by Gasteiger charge is 2.14. The molecule has 25 heavy (non-hydrogen) atoms. The van der Waals surface area contributed by atoms with E-state index in [4.69, 9.17) is 0 Å². The first-order valence-electron chi connectivity index (χ1n) is 7.71. The van der Waals surface area contributed by atoms with Gasteiger partial charge in [-0.15, -0.1) is 11.3 Å². The molecule has 4 nitrogen and oxygen atoms in total. The SMILES string of the molecule is Cc1cnc(Cn2ncc3ncc(-c4ccc(F)c(C)c4F)cc32)s1. The molecule has 0 aliphatic heterocycles. The topological polar surface area (TPSA) is 43.6 Å². The van der Waals surface area contributed by atoms with E-state index < -0.39 is 11.6 Å². The van der Waals surface area contributed by atoms with Gasteiger partial charge in [-0.05, 0) is 32.0 Å². The Bertz CT molecular complexity index is 1080. The molecule has 7 heteroatoms. The number of rotatable bonds is 3. The maximum absolute atomic E-state index is 14.4. The zero-order valence-electron chi connectivity index (χ0n) is 13.6. The average molecular weight is 356 g/mol. The zero-order chi connectivity index (χ0) is 17.6. The number of hydrogen-bond donors (Lipinski definition) is 0. The molecule has 0 fully saturated rings. The molecule has 3 aromatic heterocycles. The van der Waals surface area contributed by atoms with Crippen molar-refractivity contribution in [2.24, 2.45) is 0 Å². The van der Waals surface area contributed by atoms with E-state index >= 15 is 0 Å². The third-order valence-electron chi connectivity index (χ3n) is 4.08. The minimum absolute atomic E-state index is 0.00404. The molecule has 4 aromatic rings. The van der Waals surface area contributed by atoms with E-state index in [1.807, 2.05) is 19.2 Å². The van der Waals surface area contributed by atoms with E-state index in [1.54, 1.807) is 28.4 Å². The Hall–Kier alpha value is -2.67. The molecule has 0 aliphatic carbocycles. The number of aromatic nitrogens is 4. The van der Waals surface area contributed by atoms with Crippen LogP contribution >= 0.6 is 11.3 Å². The van der Waals surface area contributed by atoms with Gasteiger partial charge in [0.25, 0.3) is 0 Å². The Morgan fingerprint density at radius 3 is 2.68 bits per heavy atom. The van der Waals surface area contributed by atoms with Gasteiger partial charge in [-0.25, -0.2) is 13.8 Å². The molecule has 0 aliphatic rings. The molecule has 0 unspecified atom stereocenters. The number of nitrogens with zero attached hydrogens (tertiary/aromatic N) is 4. The van der Waals surface area contributed by atoms with Crippen molar-refractivity contribution in [2.45, 2.75) is 20.4 Å². The number of benzene rings is 1. The van der Waals surface area contributed by atoms with Gasteiger partial charge in [0.2, 0.25) is 0 Å². The summed E-state index contributed by atoms with van der Waals surface area (Å²) in [5, 5.41) is 5.30. The molecule has 1 aromatic carbocycles. The van der Waals surface area contributed by atoms with Crippen LogP contribution in [0.4, 0.5) is 8.78 Å². The van der Waals surface area contributed by atoms with Gasteiger partial charge in [0.1, 0.15) is 22.2 Å². The van der Waals surface area contributed by atoms with Gasteiger partial charge >= 0.3 is 0 Å². The minimum atomic E-state index is -0.567. The van der Waals surface area contributed by atoms with E-state index in [1.165, 1.54) is 19.1 Å². The van der Waals surface area contributed by atoms with Gasteiger partial charge < -0.3 is 0 Å². The standard InChI is InChI=1S/C18H14F2N4S/c1-10-6-22-17(25-10)9-24-16-5-12(7-21-15(16)8-23-24)13-3-4-14(19)11(2)18(13)20/h3-8H,9H2,1-2H3. The summed E-state index contributed by atoms with van der Waals surface area (Å²) in [6, 6.07) is 4.53. The summed E-state index contributed by atoms with van der Waals surface area (Å²) in [6.07, 6.45) is 5.08. The van der Waals surface area contributed by atoms with Crippen LogP contribution in [0.15, 0.2) is 36.8 Å². The molecule has 126 valence electrons. The molecule has 0 atom stereocenters. The largest absolute Gasteiger partial charge is 0.256 e. The van der Waals surface area contributed by atoms with Crippen LogP contribution in [-0.4, -0.2) is 19.7 Å². The van der Waals surface area contributed by atoms with Crippen LogP contribution < -0.4 is 0 Å². The third kappa shape index (κ3) is 2.80. The highest BCUT2D eigenvalue weighted by Crippen LogP contribution is 2.28. The maximum atomic E-state index is 14.4. The summed E-state index contributed by atoms with van der Waals surface area (Å²) >= 11 is 1.61. The lowest BCUT2D eigenvalue weighted by Crippen LogP contribution is -2.01. The van der Waals surface area contributed by atoms with Crippen molar-refractivity contribution in [3.8, 4) is 11.1 Å². The quantitative estimate of drug-likeness (QED) is 0.543. The number of pyridine rings is 1. The number of fused-ring (bicyclic) bond motifs is 1. The van der Waals surface area contributed by atoms with Crippen molar-refractivity contribution < 1.29 is 8.78 Å². The normalized spacial score (nSPS) is 11.4. The fraction of sp³-hybridized carbons (Fsp3) is 0.167. The summed E-state index contributed by atoms with van der Waals surface area (Å²) in [5.74, 6) is -1.12. The van der Waals surface area contributed by atoms with Crippen LogP contribution in [0.25, 0.3) is 22.2 Å². The van der Waals surface area contributed by atoms with E-state index in [-0.39, 0.29) is 5.56 Å². The van der Waals surface area contributed by atoms with Crippen molar-refractivity contribution in [3.05, 3.63) is 63.9 Å². The monoisotopic (exact) mass is 356 g/mol. The summed E-state index contributed by atoms with van der Waals surface area (Å²) < 4.78 is 29.7. The van der Waals surface area contributed by atoms with E-state index in [0.29, 0.717) is 17.7 Å². The predicted octanol–water partition coefficient (Wildman–Crippen LogP) is 4.50. The molecule has 0 saturated carbocycles. The van der Waals surface area contributed by atoms with Gasteiger partial charge in [-0.1, -0.05) is 0 Å². The van der Waals surface area contributed by atoms with E-state index in [0.717, 1.165) is 20.9 Å². The molecule has 0 spiro atoms. The fourth-order valence-electron chi connectivity index (χ4n) is 2.72. The Labute approximate surface area is 146 Å². The van der Waals surface area contributed by atoms with Crippen LogP contribution in [0.2, 0.25) is 0 Å². The second-order valence-electron chi connectivity index (χ2n) is 5.83. The van der Waals surface area contributed by atoms with E-state index in [2.05, 4.69) is 15.1 Å². The Kier molecular flexibility index (Phi) is 3.80. The molecule has 3 heterocycles. The van der Waals surface area contributed by atoms with Crippen molar-refractivity contribution in [3.63, 3.8) is 0 Å². The Morgan fingerprint density at radius 2 is 1.92 bits per heavy atom. The van der Waals surface area contributed by atoms with Crippen molar-refractivity contribution in [1.29, 1.82) is 0 Å². The summed E-state index contributed by atoms with van der Waals surface area (Å²) in [7, 11) is 0. The minimum Gasteiger partial charge on any atom is -0.256 e. The van der Waals surface area contributed by atoms with Gasteiger partial charge in [0.15, 0.2) is 0 Å². The fourth-order valence-corrected chi connectivity index (χ4v) is 3.49. The van der Waals surface area contributed by atoms with E-state index in [9.17, 15) is 8.78 Å². The van der Waals surface area contributed by atoms with Gasteiger partial charge in [0, 0.05) is 34.0 Å². The van der Waals surface area contributed by atoms with Crippen molar-refractivity contribution in [1.82, 2.24) is 19.7 Å². The van der Waals surface area contributed by atoms with Crippen LogP contribution in [0, 0.1) is 25.5 Å². The molecule has 0 saturated heterocycles. The molecule has 0 amide bonds. The first-order chi connectivity index (χ1) is 12.0. The van der Waals surface area contributed by atoms with Crippen molar-refractivity contribution in [2.75, 3.05) is 0 Å². The second-order valence-corrected chi connectivity index (χ2v) is 7.15. The summed E-state index contributed by atoms with van der Waals surface area (Å²) in [6.45, 7) is 3.95. The molecule has 0 radical (unpaired) electrons. The lowest BCUT2D eigenvalue weighted by molar-refractivity contribution is 0.570. The number of thiazole rings is 1. The summed E-state index contributed by atoms with van der Waals surface area (Å²) in [4.78, 5) is 9.84. The van der Waals surface area contributed by atoms with Crippen LogP contribution in [0.5, 0.6) is 0 Å². The molecular formula is C18H14F2N4S. The lowest BCUT2D eigenvalue weighted by atomic mass is 10.0. The highest BCUT2D eigenvalue weighted by atomic mass is 32.1. The van der Waals surface area contributed by atoms with Crippen LogP contribution in [0.1, 0.15) is 15.4 Å². The van der Waals surface area contributed by atoms with Gasteiger partial charge in [-0.3, -0.25) is 9.67 Å². The smallest absolute Gasteiger partial charge is 0.136 e. The van der Waals surface area contributed by atoms with Gasteiger partial charge in [0.05, 0.1) is 18.3 Å². The van der Waals surface area contributed by atoms with Crippen LogP contribution in [-0.2, 0) is 6.54 Å². The predicted molar refractivity (Wildman–Crippen MR) is 93.6 cm³/mol. The first kappa shape index (κ1) is 15.8. The molecule has 0 N–H and O–H groups in total. The molecule has 0 bridgehead atoms. The first-order valence-corrected chi connectivity index (χ1v) is 8.52. The molecular weight excluding hydrogens is 342 g/mol. The van der Waals surface area contributed by atoms with Crippen molar-refractivity contribution >= 4 is 22.4 Å². The summed E-state index contributed by atoms with van der Waals surface area (Å²) in [5.41, 5.74) is 2.42. The van der Waals surface area contributed by atoms with Gasteiger partial charge in [-0.2, -0.15) is 5.10 Å². The third-order valence-corrected chi connectivity index (χ3v) is 4.98. The Balaban J connectivity index is 1.80. The number of hydrogen-bond acceptors (Lipinski definition) is 4. The average Bonchev–Trinajstić information content (AvgIpc) is 3.19.